The summed E-state index contributed by atoms with van der Waals surface area (Å²) < 4.78 is 42.1. The van der Waals surface area contributed by atoms with Gasteiger partial charge in [-0.25, -0.2) is 14.4 Å². The Morgan fingerprint density at radius 1 is 0.500 bits per heavy atom. The molecule has 0 radical (unpaired) electrons. The maximum Gasteiger partial charge on any atom is 0.353 e. The van der Waals surface area contributed by atoms with Crippen LogP contribution >= 0.6 is 0 Å². The zero-order chi connectivity index (χ0) is 27.8. The molecule has 0 unspecified atom stereocenters. The van der Waals surface area contributed by atoms with Gasteiger partial charge < -0.3 is 37.9 Å². The number of hydrogen-bond donors (Lipinski definition) is 0. The predicted molar refractivity (Wildman–Crippen MR) is 133 cm³/mol. The maximum atomic E-state index is 13.1. The molecule has 0 aliphatic heterocycles. The molecule has 11 heteroatoms. The minimum Gasteiger partial charge on any atom is -0.496 e. The molecule has 0 saturated carbocycles. The fourth-order valence-corrected chi connectivity index (χ4v) is 3.48. The van der Waals surface area contributed by atoms with Gasteiger partial charge in [0.25, 0.3) is 0 Å². The van der Waals surface area contributed by atoms with Crippen molar-refractivity contribution in [1.82, 2.24) is 0 Å². The number of hydrogen-bond acceptors (Lipinski definition) is 11. The van der Waals surface area contributed by atoms with Crippen molar-refractivity contribution in [3.8, 4) is 40.2 Å². The summed E-state index contributed by atoms with van der Waals surface area (Å²) in [5, 5.41) is 0. The second-order valence-electron chi connectivity index (χ2n) is 7.38. The molecule has 38 heavy (non-hydrogen) atoms. The van der Waals surface area contributed by atoms with Crippen molar-refractivity contribution in [2.75, 3.05) is 42.7 Å². The molecule has 0 aliphatic carbocycles. The largest absolute Gasteiger partial charge is 0.496 e. The van der Waals surface area contributed by atoms with E-state index < -0.39 is 17.9 Å². The Bertz CT molecular complexity index is 1300. The Balaban J connectivity index is 1.92. The fraction of sp³-hybridized carbons (Fsp3) is 0.222. The summed E-state index contributed by atoms with van der Waals surface area (Å²) in [6, 6.07) is 11.6. The van der Waals surface area contributed by atoms with E-state index in [1.165, 1.54) is 85.1 Å². The molecule has 3 rings (SSSR count). The van der Waals surface area contributed by atoms with Gasteiger partial charge in [-0.15, -0.1) is 0 Å². The first-order valence-corrected chi connectivity index (χ1v) is 11.0. The molecule has 0 N–H and O–H groups in total. The van der Waals surface area contributed by atoms with Gasteiger partial charge in [0.2, 0.25) is 0 Å². The van der Waals surface area contributed by atoms with Gasteiger partial charge in [0.1, 0.15) is 56.9 Å². The van der Waals surface area contributed by atoms with Gasteiger partial charge in [0, 0.05) is 24.3 Å². The minimum absolute atomic E-state index is 0.0391. The highest BCUT2D eigenvalue weighted by Crippen LogP contribution is 2.36. The van der Waals surface area contributed by atoms with Crippen LogP contribution in [-0.4, -0.2) is 60.6 Å². The Labute approximate surface area is 218 Å². The standard InChI is InChI=1S/C27H26O11/c1-31-15-11-19(33-3)23(20(12-15)34-4)26(29)37-18-10-8-7-9-17(18)25(28)38-27(30)24-21(35-5)13-16(32-2)14-22(24)36-6/h7-14H,1-6H3. The molecule has 3 aromatic carbocycles. The number of methoxy groups -OCH3 is 6. The predicted octanol–water partition coefficient (Wildman–Crippen LogP) is 3.95. The van der Waals surface area contributed by atoms with Crippen LogP contribution in [0.2, 0.25) is 0 Å². The summed E-state index contributed by atoms with van der Waals surface area (Å²) in [7, 11) is 8.29. The maximum absolute atomic E-state index is 13.1. The van der Waals surface area contributed by atoms with Crippen molar-refractivity contribution in [2.45, 2.75) is 0 Å². The van der Waals surface area contributed by atoms with Crippen molar-refractivity contribution in [3.63, 3.8) is 0 Å². The first-order chi connectivity index (χ1) is 18.3. The van der Waals surface area contributed by atoms with E-state index in [-0.39, 0.29) is 45.4 Å². The highest BCUT2D eigenvalue weighted by molar-refractivity contribution is 6.07. The van der Waals surface area contributed by atoms with E-state index >= 15 is 0 Å². The molecule has 0 spiro atoms. The van der Waals surface area contributed by atoms with E-state index in [9.17, 15) is 14.4 Å². The third-order valence-electron chi connectivity index (χ3n) is 5.33. The summed E-state index contributed by atoms with van der Waals surface area (Å²) >= 11 is 0. The number of carbonyl (C=O) groups excluding carboxylic acids is 3. The molecule has 200 valence electrons. The van der Waals surface area contributed by atoms with Crippen LogP contribution in [0, 0.1) is 0 Å². The van der Waals surface area contributed by atoms with Crippen LogP contribution in [0.15, 0.2) is 48.5 Å². The van der Waals surface area contributed by atoms with Crippen LogP contribution in [0.4, 0.5) is 0 Å². The number of carbonyl (C=O) groups is 3. The van der Waals surface area contributed by atoms with Crippen LogP contribution in [0.3, 0.4) is 0 Å². The van der Waals surface area contributed by atoms with Gasteiger partial charge >= 0.3 is 17.9 Å². The Kier molecular flexibility index (Phi) is 8.99. The molecule has 0 aromatic heterocycles. The van der Waals surface area contributed by atoms with Crippen LogP contribution in [0.25, 0.3) is 0 Å². The van der Waals surface area contributed by atoms with Gasteiger partial charge in [-0.1, -0.05) is 12.1 Å². The van der Waals surface area contributed by atoms with E-state index in [0.717, 1.165) is 0 Å². The molecule has 0 bridgehead atoms. The van der Waals surface area contributed by atoms with Gasteiger partial charge in [-0.05, 0) is 12.1 Å². The van der Waals surface area contributed by atoms with Crippen molar-refractivity contribution in [2.24, 2.45) is 0 Å². The number of para-hydroxylation sites is 1. The lowest BCUT2D eigenvalue weighted by molar-refractivity contribution is 0.0392. The van der Waals surface area contributed by atoms with Crippen molar-refractivity contribution >= 4 is 17.9 Å². The first-order valence-electron chi connectivity index (χ1n) is 11.0. The second-order valence-corrected chi connectivity index (χ2v) is 7.38. The van der Waals surface area contributed by atoms with E-state index in [4.69, 9.17) is 37.9 Å². The van der Waals surface area contributed by atoms with Crippen molar-refractivity contribution in [1.29, 1.82) is 0 Å². The molecule has 0 aliphatic rings. The SMILES string of the molecule is COc1cc(OC)c(C(=O)OC(=O)c2ccccc2OC(=O)c2c(OC)cc(OC)cc2OC)c(OC)c1. The lowest BCUT2D eigenvalue weighted by Crippen LogP contribution is -2.18. The second kappa shape index (κ2) is 12.3. The number of benzene rings is 3. The zero-order valence-corrected chi connectivity index (χ0v) is 21.6. The van der Waals surface area contributed by atoms with Crippen molar-refractivity contribution < 1.29 is 52.3 Å². The molecule has 11 nitrogen and oxygen atoms in total. The molecule has 0 saturated heterocycles. The molecule has 0 heterocycles. The first kappa shape index (κ1) is 27.7. The Morgan fingerprint density at radius 2 is 0.921 bits per heavy atom. The van der Waals surface area contributed by atoms with Crippen LogP contribution in [0.5, 0.6) is 40.2 Å². The number of ether oxygens (including phenoxy) is 8. The van der Waals surface area contributed by atoms with E-state index in [2.05, 4.69) is 0 Å². The summed E-state index contributed by atoms with van der Waals surface area (Å²) in [6.07, 6.45) is 0. The number of esters is 3. The lowest BCUT2D eigenvalue weighted by Gasteiger charge is -2.16. The number of rotatable bonds is 10. The zero-order valence-electron chi connectivity index (χ0n) is 21.6. The quantitative estimate of drug-likeness (QED) is 0.217. The lowest BCUT2D eigenvalue weighted by atomic mass is 10.1. The molecule has 0 atom stereocenters. The molecule has 3 aromatic rings. The summed E-state index contributed by atoms with van der Waals surface area (Å²) in [6.45, 7) is 0. The van der Waals surface area contributed by atoms with Gasteiger partial charge in [0.05, 0.1) is 42.7 Å². The third kappa shape index (κ3) is 5.72. The van der Waals surface area contributed by atoms with Gasteiger partial charge in [-0.3, -0.25) is 0 Å². The highest BCUT2D eigenvalue weighted by Gasteiger charge is 2.28. The van der Waals surface area contributed by atoms with Crippen molar-refractivity contribution in [3.05, 3.63) is 65.2 Å². The normalized spacial score (nSPS) is 10.2. The van der Waals surface area contributed by atoms with Gasteiger partial charge in [-0.2, -0.15) is 0 Å². The van der Waals surface area contributed by atoms with Crippen LogP contribution in [-0.2, 0) is 4.74 Å². The summed E-state index contributed by atoms with van der Waals surface area (Å²) in [5.41, 5.74) is -0.360. The Hall–Kier alpha value is -4.93. The molecule has 0 fully saturated rings. The third-order valence-corrected chi connectivity index (χ3v) is 5.33. The average Bonchev–Trinajstić information content (AvgIpc) is 2.95. The van der Waals surface area contributed by atoms with E-state index in [1.54, 1.807) is 6.07 Å². The van der Waals surface area contributed by atoms with Gasteiger partial charge in [0.15, 0.2) is 0 Å². The van der Waals surface area contributed by atoms with Crippen LogP contribution < -0.4 is 33.2 Å². The average molecular weight is 526 g/mol. The minimum atomic E-state index is -1.08. The smallest absolute Gasteiger partial charge is 0.353 e. The van der Waals surface area contributed by atoms with E-state index in [0.29, 0.717) is 11.5 Å². The monoisotopic (exact) mass is 526 g/mol. The van der Waals surface area contributed by atoms with Crippen LogP contribution in [0.1, 0.15) is 31.1 Å². The Morgan fingerprint density at radius 3 is 1.34 bits per heavy atom. The summed E-state index contributed by atoms with van der Waals surface area (Å²) in [5.74, 6) is -2.03. The topological polar surface area (TPSA) is 125 Å². The van der Waals surface area contributed by atoms with E-state index in [1.807, 2.05) is 0 Å². The molecule has 0 amide bonds. The fourth-order valence-electron chi connectivity index (χ4n) is 3.48. The highest BCUT2D eigenvalue weighted by atomic mass is 16.6. The summed E-state index contributed by atoms with van der Waals surface area (Å²) in [4.78, 5) is 39.1. The molecular formula is C27H26O11. The molecular weight excluding hydrogens is 500 g/mol.